The van der Waals surface area contributed by atoms with E-state index < -0.39 is 34.3 Å². The van der Waals surface area contributed by atoms with Gasteiger partial charge in [-0.2, -0.15) is 5.26 Å². The molecule has 0 aliphatic carbocycles. The van der Waals surface area contributed by atoms with Gasteiger partial charge in [-0.15, -0.1) is 0 Å². The maximum atomic E-state index is 14.2. The van der Waals surface area contributed by atoms with E-state index in [0.717, 1.165) is 0 Å². The number of nitrogens with zero attached hydrogens (tertiary/aromatic N) is 2. The van der Waals surface area contributed by atoms with E-state index in [1.807, 2.05) is 0 Å². The van der Waals surface area contributed by atoms with Gasteiger partial charge in [-0.3, -0.25) is 0 Å². The average molecular weight is 341 g/mol. The zero-order chi connectivity index (χ0) is 16.4. The zero-order valence-corrected chi connectivity index (χ0v) is 12.2. The van der Waals surface area contributed by atoms with Crippen molar-refractivity contribution in [3.05, 3.63) is 73.8 Å². The van der Waals surface area contributed by atoms with Crippen LogP contribution in [0.2, 0.25) is 10.0 Å². The molecular formula is C15H5Cl2F3N2. The van der Waals surface area contributed by atoms with Crippen LogP contribution in [-0.2, 0) is 6.42 Å². The predicted molar refractivity (Wildman–Crippen MR) is 76.6 cm³/mol. The Morgan fingerprint density at radius 1 is 1.14 bits per heavy atom. The fraction of sp³-hybridized carbons (Fsp3) is 0.0667. The van der Waals surface area contributed by atoms with Crippen molar-refractivity contribution >= 4 is 28.9 Å². The Bertz CT molecular complexity index is 852. The second-order valence-corrected chi connectivity index (χ2v) is 5.12. The molecule has 0 aromatic heterocycles. The third kappa shape index (κ3) is 2.74. The van der Waals surface area contributed by atoms with Crippen molar-refractivity contribution in [2.75, 3.05) is 0 Å². The monoisotopic (exact) mass is 340 g/mol. The molecule has 0 N–H and O–H groups in total. The molecule has 0 unspecified atom stereocenters. The highest BCUT2D eigenvalue weighted by Crippen LogP contribution is 2.33. The quantitative estimate of drug-likeness (QED) is 0.529. The number of rotatable bonds is 2. The highest BCUT2D eigenvalue weighted by atomic mass is 35.5. The van der Waals surface area contributed by atoms with Gasteiger partial charge in [0.1, 0.15) is 11.9 Å². The van der Waals surface area contributed by atoms with E-state index >= 15 is 0 Å². The Morgan fingerprint density at radius 3 is 2.36 bits per heavy atom. The predicted octanol–water partition coefficient (Wildman–Crippen LogP) is 5.42. The minimum absolute atomic E-state index is 0.185. The van der Waals surface area contributed by atoms with Crippen LogP contribution in [0.15, 0.2) is 18.2 Å². The average Bonchev–Trinajstić information content (AvgIpc) is 2.48. The van der Waals surface area contributed by atoms with Crippen molar-refractivity contribution in [1.82, 2.24) is 0 Å². The van der Waals surface area contributed by atoms with Crippen LogP contribution in [0.5, 0.6) is 0 Å². The smallest absolute Gasteiger partial charge is 0.232 e. The molecule has 0 fully saturated rings. The SMILES string of the molecule is [C-]#[N+]c1c(F)c(F)c(C#N)c(Cc2ccc(Cl)cc2Cl)c1F. The van der Waals surface area contributed by atoms with Crippen LogP contribution in [-0.4, -0.2) is 0 Å². The molecule has 0 saturated heterocycles. The van der Waals surface area contributed by atoms with Crippen LogP contribution in [0.1, 0.15) is 16.7 Å². The molecule has 2 rings (SSSR count). The second kappa shape index (κ2) is 6.27. The van der Waals surface area contributed by atoms with Crippen LogP contribution in [0.3, 0.4) is 0 Å². The number of benzene rings is 2. The first-order valence-corrected chi connectivity index (χ1v) is 6.57. The number of halogens is 5. The molecular weight excluding hydrogens is 336 g/mol. The minimum Gasteiger partial charge on any atom is -0.232 e. The molecule has 0 aliphatic heterocycles. The van der Waals surface area contributed by atoms with Gasteiger partial charge in [0.2, 0.25) is 0 Å². The number of hydrogen-bond acceptors (Lipinski definition) is 1. The van der Waals surface area contributed by atoms with Crippen LogP contribution in [0.25, 0.3) is 4.85 Å². The van der Waals surface area contributed by atoms with Gasteiger partial charge in [-0.1, -0.05) is 29.3 Å². The normalized spacial score (nSPS) is 10.1. The van der Waals surface area contributed by atoms with Crippen molar-refractivity contribution in [3.63, 3.8) is 0 Å². The Balaban J connectivity index is 2.68. The molecule has 0 radical (unpaired) electrons. The lowest BCUT2D eigenvalue weighted by Gasteiger charge is -2.11. The lowest BCUT2D eigenvalue weighted by Crippen LogP contribution is -2.04. The van der Waals surface area contributed by atoms with Crippen molar-refractivity contribution in [2.45, 2.75) is 6.42 Å². The Kier molecular flexibility index (Phi) is 4.61. The first-order valence-electron chi connectivity index (χ1n) is 5.81. The van der Waals surface area contributed by atoms with E-state index in [1.165, 1.54) is 24.3 Å². The van der Waals surface area contributed by atoms with Crippen molar-refractivity contribution in [3.8, 4) is 6.07 Å². The molecule has 0 aliphatic rings. The summed E-state index contributed by atoms with van der Waals surface area (Å²) in [7, 11) is 0. The van der Waals surface area contributed by atoms with E-state index in [4.69, 9.17) is 35.0 Å². The first-order chi connectivity index (χ1) is 10.4. The molecule has 0 atom stereocenters. The van der Waals surface area contributed by atoms with E-state index in [1.54, 1.807) is 0 Å². The Hall–Kier alpha value is -2.21. The van der Waals surface area contributed by atoms with Gasteiger partial charge < -0.3 is 0 Å². The van der Waals surface area contributed by atoms with E-state index in [0.29, 0.717) is 10.6 Å². The Morgan fingerprint density at radius 2 is 1.82 bits per heavy atom. The maximum Gasteiger partial charge on any atom is 0.260 e. The minimum atomic E-state index is -1.67. The summed E-state index contributed by atoms with van der Waals surface area (Å²) in [5.74, 6) is -4.48. The fourth-order valence-corrected chi connectivity index (χ4v) is 2.41. The lowest BCUT2D eigenvalue weighted by atomic mass is 9.98. The summed E-state index contributed by atoms with van der Waals surface area (Å²) in [6.45, 7) is 6.75. The molecule has 7 heteroatoms. The molecule has 2 aromatic rings. The Labute approximate surface area is 134 Å². The van der Waals surface area contributed by atoms with Crippen LogP contribution < -0.4 is 0 Å². The first kappa shape index (κ1) is 16.2. The van der Waals surface area contributed by atoms with Crippen molar-refractivity contribution in [1.29, 1.82) is 5.26 Å². The summed E-state index contributed by atoms with van der Waals surface area (Å²) in [4.78, 5) is 2.64. The second-order valence-electron chi connectivity index (χ2n) is 4.28. The van der Waals surface area contributed by atoms with Gasteiger partial charge in [0.15, 0.2) is 11.6 Å². The van der Waals surface area contributed by atoms with Gasteiger partial charge in [0, 0.05) is 22.0 Å². The van der Waals surface area contributed by atoms with Gasteiger partial charge in [-0.05, 0) is 17.7 Å². The van der Waals surface area contributed by atoms with Crippen molar-refractivity contribution in [2.24, 2.45) is 0 Å². The van der Waals surface area contributed by atoms with Gasteiger partial charge in [0.05, 0.1) is 12.1 Å². The highest BCUT2D eigenvalue weighted by Gasteiger charge is 2.25. The topological polar surface area (TPSA) is 28.1 Å². The molecule has 0 heterocycles. The fourth-order valence-electron chi connectivity index (χ4n) is 1.93. The van der Waals surface area contributed by atoms with Crippen LogP contribution in [0, 0.1) is 35.4 Å². The standard InChI is InChI=1S/C15H5Cl2F3N2/c1-22-15-13(19)9(10(6-21)12(18)14(15)20)4-7-2-3-8(16)5-11(7)17/h2-3,5H,4H2. The molecule has 110 valence electrons. The molecule has 0 spiro atoms. The van der Waals surface area contributed by atoms with Gasteiger partial charge >= 0.3 is 0 Å². The third-order valence-electron chi connectivity index (χ3n) is 3.00. The maximum absolute atomic E-state index is 14.2. The largest absolute Gasteiger partial charge is 0.260 e. The van der Waals surface area contributed by atoms with Gasteiger partial charge in [-0.25, -0.2) is 18.0 Å². The number of hydrogen-bond donors (Lipinski definition) is 0. The summed E-state index contributed by atoms with van der Waals surface area (Å²) in [5, 5.41) is 9.48. The molecule has 0 amide bonds. The zero-order valence-electron chi connectivity index (χ0n) is 10.7. The molecule has 22 heavy (non-hydrogen) atoms. The molecule has 2 nitrogen and oxygen atoms in total. The molecule has 0 bridgehead atoms. The summed E-state index contributed by atoms with van der Waals surface area (Å²) in [6.07, 6.45) is -0.273. The molecule has 2 aromatic carbocycles. The summed E-state index contributed by atoms with van der Waals surface area (Å²) in [5.41, 5.74) is -1.93. The summed E-state index contributed by atoms with van der Waals surface area (Å²) in [6, 6.07) is 5.79. The number of nitriles is 1. The van der Waals surface area contributed by atoms with Crippen LogP contribution in [0.4, 0.5) is 18.9 Å². The summed E-state index contributed by atoms with van der Waals surface area (Å²) >= 11 is 11.7. The van der Waals surface area contributed by atoms with E-state index in [2.05, 4.69) is 4.85 Å². The van der Waals surface area contributed by atoms with E-state index in [9.17, 15) is 13.2 Å². The third-order valence-corrected chi connectivity index (χ3v) is 3.59. The highest BCUT2D eigenvalue weighted by molar-refractivity contribution is 6.35. The summed E-state index contributed by atoms with van der Waals surface area (Å²) < 4.78 is 41.6. The van der Waals surface area contributed by atoms with E-state index in [-0.39, 0.29) is 11.4 Å². The van der Waals surface area contributed by atoms with Crippen LogP contribution >= 0.6 is 23.2 Å². The van der Waals surface area contributed by atoms with Gasteiger partial charge in [0.25, 0.3) is 5.69 Å². The lowest BCUT2D eigenvalue weighted by molar-refractivity contribution is 0.495. The van der Waals surface area contributed by atoms with Crippen molar-refractivity contribution < 1.29 is 13.2 Å². The molecule has 0 saturated carbocycles.